The Bertz CT molecular complexity index is 1640. The molecule has 0 spiro atoms. The molecule has 1 atom stereocenters. The lowest BCUT2D eigenvalue weighted by molar-refractivity contribution is -0.143. The summed E-state index contributed by atoms with van der Waals surface area (Å²) in [4.78, 5) is 30.9. The van der Waals surface area contributed by atoms with Crippen molar-refractivity contribution in [3.05, 3.63) is 40.7 Å². The van der Waals surface area contributed by atoms with Crippen LogP contribution in [0.15, 0.2) is 24.3 Å². The van der Waals surface area contributed by atoms with Crippen molar-refractivity contribution in [3.8, 4) is 17.3 Å². The van der Waals surface area contributed by atoms with Crippen LogP contribution in [0, 0.1) is 17.1 Å². The second-order valence-corrected chi connectivity index (χ2v) is 12.3. The maximum Gasteiger partial charge on any atom is 0.236 e. The second kappa shape index (κ2) is 11.5. The molecule has 3 aromatic heterocycles. The van der Waals surface area contributed by atoms with Crippen LogP contribution >= 0.6 is 22.7 Å². The number of aryl methyl sites for hydroxylation is 1. The topological polar surface area (TPSA) is 137 Å². The summed E-state index contributed by atoms with van der Waals surface area (Å²) in [6.45, 7) is 4.59. The van der Waals surface area contributed by atoms with Crippen molar-refractivity contribution < 1.29 is 19.4 Å². The summed E-state index contributed by atoms with van der Waals surface area (Å²) >= 11 is 2.70. The van der Waals surface area contributed by atoms with E-state index in [0.29, 0.717) is 65.4 Å². The van der Waals surface area contributed by atoms with Gasteiger partial charge in [-0.05, 0) is 30.7 Å². The van der Waals surface area contributed by atoms with E-state index in [1.807, 2.05) is 23.8 Å². The molecule has 2 aliphatic rings. The summed E-state index contributed by atoms with van der Waals surface area (Å²) < 4.78 is 15.3. The van der Waals surface area contributed by atoms with E-state index in [1.54, 1.807) is 21.5 Å². The molecule has 2 aliphatic heterocycles. The van der Waals surface area contributed by atoms with Gasteiger partial charge in [0.2, 0.25) is 16.0 Å². The molecule has 0 aliphatic carbocycles. The van der Waals surface area contributed by atoms with Gasteiger partial charge in [0.15, 0.2) is 10.9 Å². The molecule has 0 radical (unpaired) electrons. The predicted octanol–water partition coefficient (Wildman–Crippen LogP) is 1.94. The van der Waals surface area contributed by atoms with E-state index >= 15 is 0 Å². The zero-order valence-electron chi connectivity index (χ0n) is 23.1. The third-order valence-electron chi connectivity index (χ3n) is 7.65. The van der Waals surface area contributed by atoms with Crippen molar-refractivity contribution in [2.24, 2.45) is 0 Å². The first-order chi connectivity index (χ1) is 20.3. The van der Waals surface area contributed by atoms with Crippen LogP contribution in [0.2, 0.25) is 0 Å². The smallest absolute Gasteiger partial charge is 0.236 e. The van der Waals surface area contributed by atoms with Gasteiger partial charge in [0.1, 0.15) is 22.5 Å². The minimum atomic E-state index is -0.443. The third kappa shape index (κ3) is 5.20. The largest absolute Gasteiger partial charge is 0.395 e. The van der Waals surface area contributed by atoms with E-state index in [0.717, 1.165) is 16.6 Å². The van der Waals surface area contributed by atoms with Crippen molar-refractivity contribution in [1.29, 1.82) is 5.26 Å². The summed E-state index contributed by atoms with van der Waals surface area (Å²) in [6, 6.07) is 7.91. The Labute approximate surface area is 249 Å². The molecule has 6 rings (SSSR count). The third-order valence-corrected chi connectivity index (χ3v) is 9.66. The fraction of sp³-hybridized carbons (Fsp3) is 0.444. The number of likely N-dealkylation sites (tertiary alicyclic amines) is 1. The van der Waals surface area contributed by atoms with Gasteiger partial charge < -0.3 is 24.9 Å². The minimum absolute atomic E-state index is 0.0379. The van der Waals surface area contributed by atoms with E-state index in [-0.39, 0.29) is 30.9 Å². The number of β-amino-alcohol motifs (C(OH)–C–C–N with tert-alkyl or cyclic N) is 1. The van der Waals surface area contributed by atoms with Gasteiger partial charge in [0.05, 0.1) is 31.0 Å². The number of carbonyl (C=O) groups is 1. The number of anilines is 3. The van der Waals surface area contributed by atoms with Gasteiger partial charge in [-0.1, -0.05) is 29.6 Å². The van der Waals surface area contributed by atoms with Crippen LogP contribution in [-0.2, 0) is 11.2 Å². The SMILES string of the molecule is CCc1nc2sc(N3CCN(CC(=O)N4CC(O)C4)C(CO)C3)nn2c1N(C)c1nc(-c2ccc(F)cc2)c(C#N)s1. The first kappa shape index (κ1) is 28.4. The Kier molecular flexibility index (Phi) is 7.81. The Morgan fingerprint density at radius 3 is 2.62 bits per heavy atom. The lowest BCUT2D eigenvalue weighted by Gasteiger charge is -2.42. The number of aromatic nitrogens is 4. The van der Waals surface area contributed by atoms with Crippen LogP contribution in [0.25, 0.3) is 16.2 Å². The number of nitriles is 1. The average molecular weight is 612 g/mol. The summed E-state index contributed by atoms with van der Waals surface area (Å²) in [6.07, 6.45) is 0.223. The van der Waals surface area contributed by atoms with Crippen molar-refractivity contribution in [2.75, 3.05) is 62.7 Å². The highest BCUT2D eigenvalue weighted by atomic mass is 32.1. The summed E-state index contributed by atoms with van der Waals surface area (Å²) in [5, 5.41) is 35.7. The molecule has 1 amide bonds. The quantitative estimate of drug-likeness (QED) is 0.304. The van der Waals surface area contributed by atoms with Crippen LogP contribution in [0.4, 0.5) is 20.5 Å². The number of thiazole rings is 1. The van der Waals surface area contributed by atoms with Crippen molar-refractivity contribution in [1.82, 2.24) is 29.4 Å². The highest BCUT2D eigenvalue weighted by Gasteiger charge is 2.34. The number of aliphatic hydroxyl groups excluding tert-OH is 2. The van der Waals surface area contributed by atoms with Gasteiger partial charge in [0.25, 0.3) is 0 Å². The molecule has 220 valence electrons. The highest BCUT2D eigenvalue weighted by Crippen LogP contribution is 2.38. The fourth-order valence-electron chi connectivity index (χ4n) is 5.27. The molecule has 2 N–H and O–H groups in total. The number of halogens is 1. The maximum absolute atomic E-state index is 13.5. The lowest BCUT2D eigenvalue weighted by atomic mass is 10.1. The van der Waals surface area contributed by atoms with Crippen LogP contribution in [0.3, 0.4) is 0 Å². The molecule has 1 unspecified atom stereocenters. The predicted molar refractivity (Wildman–Crippen MR) is 158 cm³/mol. The Balaban J connectivity index is 1.24. The molecule has 0 bridgehead atoms. The normalized spacial score (nSPS) is 18.0. The number of hydrogen-bond acceptors (Lipinski definition) is 12. The van der Waals surface area contributed by atoms with E-state index in [2.05, 4.69) is 11.0 Å². The van der Waals surface area contributed by atoms with E-state index in [9.17, 15) is 24.7 Å². The van der Waals surface area contributed by atoms with E-state index in [4.69, 9.17) is 15.1 Å². The highest BCUT2D eigenvalue weighted by molar-refractivity contribution is 7.20. The Morgan fingerprint density at radius 2 is 1.95 bits per heavy atom. The number of amides is 1. The number of fused-ring (bicyclic) bond motifs is 1. The summed E-state index contributed by atoms with van der Waals surface area (Å²) in [5.41, 5.74) is 2.00. The Morgan fingerprint density at radius 1 is 1.19 bits per heavy atom. The standard InChI is InChI=1S/C27H30FN9O3S2/c1-3-20-24(33(2)25-31-23(21(10-29)41-25)16-4-6-17(28)7-5-16)37-26(30-20)42-27(32-37)35-9-8-34(18(11-35)15-38)14-22(40)36-12-19(39)13-36/h4-7,18-19,38-39H,3,8-9,11-15H2,1-2H3. The minimum Gasteiger partial charge on any atom is -0.395 e. The monoisotopic (exact) mass is 611 g/mol. The molecule has 1 aromatic carbocycles. The van der Waals surface area contributed by atoms with Crippen LogP contribution in [0.5, 0.6) is 0 Å². The molecule has 4 aromatic rings. The number of piperazine rings is 1. The maximum atomic E-state index is 13.5. The number of rotatable bonds is 8. The number of aliphatic hydroxyl groups is 2. The number of imidazole rings is 1. The fourth-order valence-corrected chi connectivity index (χ4v) is 7.07. The van der Waals surface area contributed by atoms with Crippen molar-refractivity contribution in [3.63, 3.8) is 0 Å². The van der Waals surface area contributed by atoms with Crippen molar-refractivity contribution in [2.45, 2.75) is 25.5 Å². The van der Waals surface area contributed by atoms with Crippen LogP contribution < -0.4 is 9.80 Å². The molecule has 12 nitrogen and oxygen atoms in total. The lowest BCUT2D eigenvalue weighted by Crippen LogP contribution is -2.60. The molecule has 2 saturated heterocycles. The van der Waals surface area contributed by atoms with Crippen LogP contribution in [-0.4, -0.2) is 111 Å². The molecule has 2 fully saturated rings. The van der Waals surface area contributed by atoms with Crippen molar-refractivity contribution >= 4 is 49.6 Å². The summed E-state index contributed by atoms with van der Waals surface area (Å²) in [7, 11) is 1.87. The molecular formula is C27H30FN9O3S2. The first-order valence-electron chi connectivity index (χ1n) is 13.6. The van der Waals surface area contributed by atoms with E-state index in [1.165, 1.54) is 34.8 Å². The Hall–Kier alpha value is -3.68. The van der Waals surface area contributed by atoms with Gasteiger partial charge in [-0.2, -0.15) is 9.78 Å². The van der Waals surface area contributed by atoms with Gasteiger partial charge in [-0.3, -0.25) is 9.69 Å². The molecule has 42 heavy (non-hydrogen) atoms. The zero-order valence-corrected chi connectivity index (χ0v) is 24.8. The first-order valence-corrected chi connectivity index (χ1v) is 15.3. The van der Waals surface area contributed by atoms with Gasteiger partial charge in [-0.25, -0.2) is 14.4 Å². The number of benzene rings is 1. The van der Waals surface area contributed by atoms with Gasteiger partial charge in [-0.15, -0.1) is 5.10 Å². The zero-order chi connectivity index (χ0) is 29.5. The molecular weight excluding hydrogens is 581 g/mol. The summed E-state index contributed by atoms with van der Waals surface area (Å²) in [5.74, 6) is 0.355. The molecule has 5 heterocycles. The van der Waals surface area contributed by atoms with E-state index < -0.39 is 6.10 Å². The molecule has 0 saturated carbocycles. The number of hydrogen-bond donors (Lipinski definition) is 2. The average Bonchev–Trinajstić information content (AvgIpc) is 3.68. The number of carbonyl (C=O) groups excluding carboxylic acids is 1. The van der Waals surface area contributed by atoms with Gasteiger partial charge >= 0.3 is 0 Å². The second-order valence-electron chi connectivity index (χ2n) is 10.4. The van der Waals surface area contributed by atoms with Crippen LogP contribution in [0.1, 0.15) is 17.5 Å². The molecule has 15 heteroatoms. The number of nitrogens with zero attached hydrogens (tertiary/aromatic N) is 9. The van der Waals surface area contributed by atoms with Gasteiger partial charge in [0, 0.05) is 45.3 Å².